The molecule has 1 aromatic rings. The number of nitrogens with one attached hydrogen (secondary N) is 1. The summed E-state index contributed by atoms with van der Waals surface area (Å²) in [6.45, 7) is 5.41. The molecule has 100 valence electrons. The van der Waals surface area contributed by atoms with Crippen molar-refractivity contribution in [3.8, 4) is 0 Å². The Balaban J connectivity index is 2.71. The van der Waals surface area contributed by atoms with Crippen molar-refractivity contribution in [2.75, 3.05) is 10.6 Å². The number of halogens is 1. The van der Waals surface area contributed by atoms with Gasteiger partial charge in [-0.05, 0) is 38.5 Å². The maximum absolute atomic E-state index is 11.6. The van der Waals surface area contributed by atoms with Gasteiger partial charge in [0.2, 0.25) is 0 Å². The summed E-state index contributed by atoms with van der Waals surface area (Å²) in [4.78, 5) is 11.6. The molecule has 4 nitrogen and oxygen atoms in total. The largest absolute Gasteiger partial charge is 0.444 e. The Kier molecular flexibility index (Phi) is 5.16. The highest BCUT2D eigenvalue weighted by atomic mass is 79.9. The number of ether oxygens (including phenoxy) is 1. The molecule has 0 aliphatic heterocycles. The molecule has 0 spiro atoms. The van der Waals surface area contributed by atoms with Crippen LogP contribution in [-0.4, -0.2) is 22.1 Å². The van der Waals surface area contributed by atoms with Gasteiger partial charge < -0.3 is 9.84 Å². The van der Waals surface area contributed by atoms with E-state index in [-0.39, 0.29) is 0 Å². The zero-order valence-corrected chi connectivity index (χ0v) is 12.3. The zero-order chi connectivity index (χ0) is 13.8. The maximum atomic E-state index is 11.6. The van der Waals surface area contributed by atoms with Gasteiger partial charge in [-0.2, -0.15) is 0 Å². The van der Waals surface area contributed by atoms with Gasteiger partial charge in [0.1, 0.15) is 5.60 Å². The third-order valence-electron chi connectivity index (χ3n) is 2.06. The van der Waals surface area contributed by atoms with Gasteiger partial charge in [-0.25, -0.2) is 4.79 Å². The monoisotopic (exact) mass is 315 g/mol. The molecule has 1 amide bonds. The standard InChI is InChI=1S/C13H18BrNO3/c1-13(2,3)18-12(17)15-10-6-4-5-9(7-10)11(16)8-14/h4-7,11,16H,8H2,1-3H3,(H,15,17). The van der Waals surface area contributed by atoms with Crippen LogP contribution in [0.5, 0.6) is 0 Å². The van der Waals surface area contributed by atoms with Crippen molar-refractivity contribution in [2.24, 2.45) is 0 Å². The lowest BCUT2D eigenvalue weighted by molar-refractivity contribution is 0.0636. The first-order chi connectivity index (χ1) is 8.31. The SMILES string of the molecule is CC(C)(C)OC(=O)Nc1cccc(C(O)CBr)c1. The van der Waals surface area contributed by atoms with Crippen LogP contribution in [-0.2, 0) is 4.74 Å². The Morgan fingerprint density at radius 2 is 2.17 bits per heavy atom. The predicted octanol–water partition coefficient (Wildman–Crippen LogP) is 3.46. The van der Waals surface area contributed by atoms with Crippen LogP contribution in [0.1, 0.15) is 32.4 Å². The minimum absolute atomic E-state index is 0.447. The number of hydrogen-bond donors (Lipinski definition) is 2. The molecule has 1 unspecified atom stereocenters. The number of anilines is 1. The van der Waals surface area contributed by atoms with Gasteiger partial charge in [0.15, 0.2) is 0 Å². The van der Waals surface area contributed by atoms with Crippen molar-refractivity contribution >= 4 is 27.7 Å². The van der Waals surface area contributed by atoms with E-state index in [0.717, 1.165) is 5.56 Å². The van der Waals surface area contributed by atoms with Crippen LogP contribution in [0.3, 0.4) is 0 Å². The van der Waals surface area contributed by atoms with E-state index in [9.17, 15) is 9.90 Å². The van der Waals surface area contributed by atoms with Gasteiger partial charge in [-0.1, -0.05) is 28.1 Å². The lowest BCUT2D eigenvalue weighted by Crippen LogP contribution is -2.27. The minimum atomic E-state index is -0.592. The van der Waals surface area contributed by atoms with Crippen molar-refractivity contribution in [3.05, 3.63) is 29.8 Å². The number of alkyl halides is 1. The number of amides is 1. The second-order valence-electron chi connectivity index (χ2n) is 4.92. The molecule has 0 fully saturated rings. The molecule has 0 aliphatic rings. The van der Waals surface area contributed by atoms with Gasteiger partial charge in [-0.3, -0.25) is 5.32 Å². The van der Waals surface area contributed by atoms with Gasteiger partial charge in [0.25, 0.3) is 0 Å². The summed E-state index contributed by atoms with van der Waals surface area (Å²) in [6, 6.07) is 7.03. The van der Waals surface area contributed by atoms with Crippen molar-refractivity contribution in [1.29, 1.82) is 0 Å². The number of rotatable bonds is 3. The smallest absolute Gasteiger partial charge is 0.412 e. The molecule has 1 rings (SSSR count). The fraction of sp³-hybridized carbons (Fsp3) is 0.462. The summed E-state index contributed by atoms with van der Waals surface area (Å²) in [5.41, 5.74) is 0.805. The molecule has 0 heterocycles. The van der Waals surface area contributed by atoms with Crippen LogP contribution in [0.25, 0.3) is 0 Å². The third kappa shape index (κ3) is 5.06. The Labute approximate surface area is 115 Å². The number of carbonyl (C=O) groups excluding carboxylic acids is 1. The molecule has 0 bridgehead atoms. The minimum Gasteiger partial charge on any atom is -0.444 e. The first-order valence-corrected chi connectivity index (χ1v) is 6.78. The summed E-state index contributed by atoms with van der Waals surface area (Å²) < 4.78 is 5.15. The summed E-state index contributed by atoms with van der Waals surface area (Å²) in [5.74, 6) is 0. The highest BCUT2D eigenvalue weighted by Crippen LogP contribution is 2.19. The molecule has 2 N–H and O–H groups in total. The van der Waals surface area contributed by atoms with Crippen LogP contribution < -0.4 is 5.32 Å². The fourth-order valence-electron chi connectivity index (χ4n) is 1.33. The maximum Gasteiger partial charge on any atom is 0.412 e. The van der Waals surface area contributed by atoms with Gasteiger partial charge >= 0.3 is 6.09 Å². The van der Waals surface area contributed by atoms with E-state index in [1.165, 1.54) is 0 Å². The normalized spacial score (nSPS) is 12.9. The second-order valence-corrected chi connectivity index (χ2v) is 5.57. The zero-order valence-electron chi connectivity index (χ0n) is 10.7. The molecule has 0 aliphatic carbocycles. The summed E-state index contributed by atoms with van der Waals surface area (Å²) in [5, 5.41) is 12.8. The van der Waals surface area contributed by atoms with Crippen molar-refractivity contribution < 1.29 is 14.6 Å². The van der Waals surface area contributed by atoms with Gasteiger partial charge in [-0.15, -0.1) is 0 Å². The molecule has 1 aromatic carbocycles. The Morgan fingerprint density at radius 3 is 2.72 bits per heavy atom. The molecule has 0 aromatic heterocycles. The van der Waals surface area contributed by atoms with E-state index in [0.29, 0.717) is 11.0 Å². The van der Waals surface area contributed by atoms with Crippen molar-refractivity contribution in [2.45, 2.75) is 32.5 Å². The van der Waals surface area contributed by atoms with E-state index in [1.54, 1.807) is 45.0 Å². The highest BCUT2D eigenvalue weighted by molar-refractivity contribution is 9.09. The van der Waals surface area contributed by atoms with Gasteiger partial charge in [0.05, 0.1) is 6.10 Å². The highest BCUT2D eigenvalue weighted by Gasteiger charge is 2.16. The number of aliphatic hydroxyl groups excluding tert-OH is 1. The van der Waals surface area contributed by atoms with E-state index in [4.69, 9.17) is 4.74 Å². The van der Waals surface area contributed by atoms with E-state index >= 15 is 0 Å². The average molecular weight is 316 g/mol. The predicted molar refractivity (Wildman–Crippen MR) is 75.1 cm³/mol. The van der Waals surface area contributed by atoms with Crippen molar-refractivity contribution in [3.63, 3.8) is 0 Å². The van der Waals surface area contributed by atoms with E-state index in [1.807, 2.05) is 0 Å². The van der Waals surface area contributed by atoms with Crippen molar-refractivity contribution in [1.82, 2.24) is 0 Å². The third-order valence-corrected chi connectivity index (χ3v) is 2.68. The first-order valence-electron chi connectivity index (χ1n) is 5.66. The molecule has 0 radical (unpaired) electrons. The van der Waals surface area contributed by atoms with Gasteiger partial charge in [0, 0.05) is 11.0 Å². The number of hydrogen-bond acceptors (Lipinski definition) is 3. The van der Waals surface area contributed by atoms with Crippen LogP contribution in [0.15, 0.2) is 24.3 Å². The summed E-state index contributed by atoms with van der Waals surface area (Å²) in [6.07, 6.45) is -1.10. The van der Waals surface area contributed by atoms with Crippen LogP contribution in [0.4, 0.5) is 10.5 Å². The number of aliphatic hydroxyl groups is 1. The Morgan fingerprint density at radius 1 is 1.50 bits per heavy atom. The average Bonchev–Trinajstić information content (AvgIpc) is 2.25. The van der Waals surface area contributed by atoms with Crippen LogP contribution in [0.2, 0.25) is 0 Å². The lowest BCUT2D eigenvalue weighted by atomic mass is 10.1. The summed E-state index contributed by atoms with van der Waals surface area (Å²) >= 11 is 3.20. The molecular weight excluding hydrogens is 298 g/mol. The van der Waals surface area contributed by atoms with Crippen LogP contribution >= 0.6 is 15.9 Å². The molecular formula is C13H18BrNO3. The fourth-order valence-corrected chi connectivity index (χ4v) is 1.71. The number of benzene rings is 1. The molecule has 1 atom stereocenters. The number of carbonyl (C=O) groups is 1. The van der Waals surface area contributed by atoms with E-state index in [2.05, 4.69) is 21.2 Å². The topological polar surface area (TPSA) is 58.6 Å². The Hall–Kier alpha value is -1.07. The Bertz CT molecular complexity index is 415. The quantitative estimate of drug-likeness (QED) is 0.840. The molecule has 0 saturated carbocycles. The molecule has 18 heavy (non-hydrogen) atoms. The first kappa shape index (κ1) is 15.0. The van der Waals surface area contributed by atoms with E-state index < -0.39 is 17.8 Å². The molecule has 5 heteroatoms. The lowest BCUT2D eigenvalue weighted by Gasteiger charge is -2.20. The molecule has 0 saturated heterocycles. The van der Waals surface area contributed by atoms with Crippen LogP contribution in [0, 0.1) is 0 Å². The second kappa shape index (κ2) is 6.20. The summed E-state index contributed by atoms with van der Waals surface area (Å²) in [7, 11) is 0.